The molecule has 0 unspecified atom stereocenters. The van der Waals surface area contributed by atoms with Crippen molar-refractivity contribution >= 4 is 5.91 Å². The molecule has 1 aromatic heterocycles. The lowest BCUT2D eigenvalue weighted by Crippen LogP contribution is -2.50. The van der Waals surface area contributed by atoms with Gasteiger partial charge in [-0.25, -0.2) is 4.39 Å². The molecule has 1 aliphatic heterocycles. The maximum absolute atomic E-state index is 13.9. The summed E-state index contributed by atoms with van der Waals surface area (Å²) in [5.41, 5.74) is 1.75. The van der Waals surface area contributed by atoms with Crippen LogP contribution in [0.25, 0.3) is 0 Å². The third-order valence-electron chi connectivity index (χ3n) is 5.49. The molecular weight excluding hydrogens is 381 g/mol. The molecule has 6 heteroatoms. The summed E-state index contributed by atoms with van der Waals surface area (Å²) in [6.45, 7) is 3.56. The quantitative estimate of drug-likeness (QED) is 0.652. The third kappa shape index (κ3) is 4.96. The van der Waals surface area contributed by atoms with E-state index in [1.165, 1.54) is 6.07 Å². The number of nitrogens with zero attached hydrogens (tertiary/aromatic N) is 2. The van der Waals surface area contributed by atoms with Crippen LogP contribution in [0.15, 0.2) is 77.4 Å². The molecule has 30 heavy (non-hydrogen) atoms. The van der Waals surface area contributed by atoms with Gasteiger partial charge in [0.1, 0.15) is 11.6 Å². The van der Waals surface area contributed by atoms with Crippen LogP contribution in [0, 0.1) is 5.82 Å². The second-order valence-corrected chi connectivity index (χ2v) is 7.49. The minimum absolute atomic E-state index is 0.0630. The van der Waals surface area contributed by atoms with Gasteiger partial charge in [0.25, 0.3) is 0 Å². The average Bonchev–Trinajstić information content (AvgIpc) is 3.31. The minimum atomic E-state index is -0.176. The van der Waals surface area contributed by atoms with Crippen LogP contribution in [-0.2, 0) is 11.3 Å². The summed E-state index contributed by atoms with van der Waals surface area (Å²) in [7, 11) is 0. The molecule has 1 fully saturated rings. The number of piperazine rings is 1. The number of hydrogen-bond acceptors (Lipinski definition) is 4. The fourth-order valence-corrected chi connectivity index (χ4v) is 3.81. The molecule has 0 aliphatic carbocycles. The number of benzene rings is 2. The average molecular weight is 407 g/mol. The maximum atomic E-state index is 13.9. The highest BCUT2D eigenvalue weighted by Crippen LogP contribution is 2.22. The van der Waals surface area contributed by atoms with Gasteiger partial charge < -0.3 is 9.32 Å². The number of nitrogens with one attached hydrogen (secondary N) is 1. The SMILES string of the molecule is O=C(CN[C@H](c1ccccc1)c1ccco1)N1CCN(Cc2ccccc2F)CC1. The Kier molecular flexibility index (Phi) is 6.57. The number of amides is 1. The fourth-order valence-electron chi connectivity index (χ4n) is 3.81. The molecule has 4 rings (SSSR count). The molecule has 1 amide bonds. The summed E-state index contributed by atoms with van der Waals surface area (Å²) in [5.74, 6) is 0.668. The van der Waals surface area contributed by atoms with Gasteiger partial charge in [0.15, 0.2) is 0 Å². The van der Waals surface area contributed by atoms with E-state index in [9.17, 15) is 9.18 Å². The third-order valence-corrected chi connectivity index (χ3v) is 5.49. The molecule has 156 valence electrons. The first-order chi connectivity index (χ1) is 14.7. The molecule has 1 N–H and O–H groups in total. The standard InChI is InChI=1S/C24H26FN3O2/c25-21-10-5-4-9-20(21)18-27-12-14-28(15-13-27)23(29)17-26-24(22-11-6-16-30-22)19-7-2-1-3-8-19/h1-11,16,24,26H,12-15,17-18H2/t24-/m1/s1. The number of carbonyl (C=O) groups excluding carboxylic acids is 1. The Hall–Kier alpha value is -2.96. The Morgan fingerprint density at radius 1 is 0.967 bits per heavy atom. The molecule has 0 radical (unpaired) electrons. The first-order valence-electron chi connectivity index (χ1n) is 10.3. The van der Waals surface area contributed by atoms with Crippen molar-refractivity contribution in [3.63, 3.8) is 0 Å². The van der Waals surface area contributed by atoms with Crippen molar-refractivity contribution in [1.29, 1.82) is 0 Å². The van der Waals surface area contributed by atoms with E-state index in [4.69, 9.17) is 4.42 Å². The van der Waals surface area contributed by atoms with Gasteiger partial charge in [0, 0.05) is 38.3 Å². The zero-order valence-electron chi connectivity index (χ0n) is 16.8. The van der Waals surface area contributed by atoms with Crippen molar-refractivity contribution < 1.29 is 13.6 Å². The molecule has 1 saturated heterocycles. The summed E-state index contributed by atoms with van der Waals surface area (Å²) in [5, 5.41) is 3.35. The molecule has 0 spiro atoms. The second-order valence-electron chi connectivity index (χ2n) is 7.49. The van der Waals surface area contributed by atoms with Crippen LogP contribution >= 0.6 is 0 Å². The van der Waals surface area contributed by atoms with Crippen LogP contribution < -0.4 is 5.32 Å². The van der Waals surface area contributed by atoms with Crippen molar-refractivity contribution in [3.8, 4) is 0 Å². The van der Waals surface area contributed by atoms with E-state index in [0.29, 0.717) is 25.2 Å². The zero-order chi connectivity index (χ0) is 20.8. The summed E-state index contributed by atoms with van der Waals surface area (Å²) >= 11 is 0. The molecule has 0 saturated carbocycles. The zero-order valence-corrected chi connectivity index (χ0v) is 16.8. The van der Waals surface area contributed by atoms with E-state index < -0.39 is 0 Å². The van der Waals surface area contributed by atoms with E-state index in [2.05, 4.69) is 10.2 Å². The Balaban J connectivity index is 1.30. The van der Waals surface area contributed by atoms with Gasteiger partial charge in [-0.05, 0) is 23.8 Å². The van der Waals surface area contributed by atoms with E-state index in [-0.39, 0.29) is 24.3 Å². The molecule has 1 atom stereocenters. The number of hydrogen-bond donors (Lipinski definition) is 1. The lowest BCUT2D eigenvalue weighted by Gasteiger charge is -2.35. The minimum Gasteiger partial charge on any atom is -0.467 e. The Morgan fingerprint density at radius 3 is 2.40 bits per heavy atom. The van der Waals surface area contributed by atoms with E-state index in [1.54, 1.807) is 12.3 Å². The van der Waals surface area contributed by atoms with Crippen LogP contribution in [0.4, 0.5) is 4.39 Å². The summed E-state index contributed by atoms with van der Waals surface area (Å²) in [6.07, 6.45) is 1.64. The number of halogens is 1. The fraction of sp³-hybridized carbons (Fsp3) is 0.292. The predicted octanol–water partition coefficient (Wildman–Crippen LogP) is 3.44. The summed E-state index contributed by atoms with van der Waals surface area (Å²) in [6, 6.07) is 20.4. The first kappa shape index (κ1) is 20.3. The van der Waals surface area contributed by atoms with Gasteiger partial charge in [0.2, 0.25) is 5.91 Å². The van der Waals surface area contributed by atoms with Crippen molar-refractivity contribution in [1.82, 2.24) is 15.1 Å². The normalized spacial score (nSPS) is 15.8. The van der Waals surface area contributed by atoms with Crippen LogP contribution in [0.2, 0.25) is 0 Å². The molecule has 2 aromatic carbocycles. The Morgan fingerprint density at radius 2 is 1.70 bits per heavy atom. The summed E-state index contributed by atoms with van der Waals surface area (Å²) < 4.78 is 19.5. The van der Waals surface area contributed by atoms with Crippen molar-refractivity contribution in [2.75, 3.05) is 32.7 Å². The largest absolute Gasteiger partial charge is 0.467 e. The summed E-state index contributed by atoms with van der Waals surface area (Å²) in [4.78, 5) is 16.8. The number of furan rings is 1. The van der Waals surface area contributed by atoms with E-state index >= 15 is 0 Å². The lowest BCUT2D eigenvalue weighted by molar-refractivity contribution is -0.132. The highest BCUT2D eigenvalue weighted by atomic mass is 19.1. The van der Waals surface area contributed by atoms with Crippen LogP contribution in [0.5, 0.6) is 0 Å². The second kappa shape index (κ2) is 9.69. The Bertz CT molecular complexity index is 938. The smallest absolute Gasteiger partial charge is 0.236 e. The molecule has 2 heterocycles. The maximum Gasteiger partial charge on any atom is 0.236 e. The lowest BCUT2D eigenvalue weighted by atomic mass is 10.0. The van der Waals surface area contributed by atoms with Crippen LogP contribution in [-0.4, -0.2) is 48.4 Å². The van der Waals surface area contributed by atoms with Gasteiger partial charge in [-0.15, -0.1) is 0 Å². The molecular formula is C24H26FN3O2. The molecule has 5 nitrogen and oxygen atoms in total. The van der Waals surface area contributed by atoms with Crippen LogP contribution in [0.3, 0.4) is 0 Å². The Labute approximate surface area is 176 Å². The number of carbonyl (C=O) groups is 1. The highest BCUT2D eigenvalue weighted by Gasteiger charge is 2.23. The van der Waals surface area contributed by atoms with Gasteiger partial charge in [-0.2, -0.15) is 0 Å². The van der Waals surface area contributed by atoms with Crippen molar-refractivity contribution in [2.24, 2.45) is 0 Å². The number of rotatable bonds is 7. The van der Waals surface area contributed by atoms with Gasteiger partial charge in [-0.3, -0.25) is 15.0 Å². The molecule has 0 bridgehead atoms. The molecule has 3 aromatic rings. The highest BCUT2D eigenvalue weighted by molar-refractivity contribution is 5.78. The van der Waals surface area contributed by atoms with Crippen LogP contribution in [0.1, 0.15) is 22.9 Å². The van der Waals surface area contributed by atoms with Gasteiger partial charge >= 0.3 is 0 Å². The molecule has 1 aliphatic rings. The van der Waals surface area contributed by atoms with Gasteiger partial charge in [-0.1, -0.05) is 48.5 Å². The van der Waals surface area contributed by atoms with Crippen molar-refractivity contribution in [3.05, 3.63) is 95.7 Å². The first-order valence-corrected chi connectivity index (χ1v) is 10.3. The van der Waals surface area contributed by atoms with E-state index in [0.717, 1.165) is 24.4 Å². The monoisotopic (exact) mass is 407 g/mol. The predicted molar refractivity (Wildman–Crippen MR) is 113 cm³/mol. The van der Waals surface area contributed by atoms with E-state index in [1.807, 2.05) is 59.5 Å². The van der Waals surface area contributed by atoms with Gasteiger partial charge in [0.05, 0.1) is 18.8 Å². The van der Waals surface area contributed by atoms with Crippen molar-refractivity contribution in [2.45, 2.75) is 12.6 Å². The topological polar surface area (TPSA) is 48.7 Å².